The Morgan fingerprint density at radius 3 is 2.43 bits per heavy atom. The molecule has 1 saturated heterocycles. The molecule has 0 radical (unpaired) electrons. The second kappa shape index (κ2) is 8.73. The van der Waals surface area contributed by atoms with E-state index in [1.807, 2.05) is 12.1 Å². The van der Waals surface area contributed by atoms with Gasteiger partial charge in [-0.3, -0.25) is 15.1 Å². The highest BCUT2D eigenvalue weighted by atomic mass is 35.5. The highest BCUT2D eigenvalue weighted by Gasteiger charge is 2.33. The molecule has 3 aromatic carbocycles. The molecule has 3 aromatic rings. The maximum absolute atomic E-state index is 13.7. The van der Waals surface area contributed by atoms with Crippen LogP contribution in [0, 0.1) is 11.2 Å². The summed E-state index contributed by atoms with van der Waals surface area (Å²) in [6, 6.07) is 20.4. The summed E-state index contributed by atoms with van der Waals surface area (Å²) in [4.78, 5) is 14.6. The summed E-state index contributed by atoms with van der Waals surface area (Å²) >= 11 is 7.01. The van der Waals surface area contributed by atoms with Crippen LogP contribution < -0.4 is 9.64 Å². The van der Waals surface area contributed by atoms with Gasteiger partial charge >= 0.3 is 0 Å². The van der Waals surface area contributed by atoms with Crippen molar-refractivity contribution in [2.45, 2.75) is 6.61 Å². The quantitative estimate of drug-likeness (QED) is 0.488. The Morgan fingerprint density at radius 1 is 1.03 bits per heavy atom. The second-order valence-corrected chi connectivity index (χ2v) is 7.95. The number of halogens is 2. The summed E-state index contributed by atoms with van der Waals surface area (Å²) in [5.41, 5.74) is 1.88. The standard InChI is InChI=1S/C23H16ClFN2O2S/c24-17-7-9-18(10-8-17)27-22(28)21(30-23(27)26)13-15-5-11-19(12-6-15)29-14-16-3-1-2-4-20(16)25/h1-13,26H,14H2. The smallest absolute Gasteiger partial charge is 0.271 e. The molecule has 1 fully saturated rings. The van der Waals surface area contributed by atoms with Crippen LogP contribution in [0.2, 0.25) is 5.02 Å². The molecule has 0 atom stereocenters. The van der Waals surface area contributed by atoms with Gasteiger partial charge in [0.15, 0.2) is 5.17 Å². The summed E-state index contributed by atoms with van der Waals surface area (Å²) in [7, 11) is 0. The molecule has 30 heavy (non-hydrogen) atoms. The molecule has 0 aliphatic carbocycles. The number of hydrogen-bond acceptors (Lipinski definition) is 4. The number of rotatable bonds is 5. The van der Waals surface area contributed by atoms with Crippen LogP contribution in [0.25, 0.3) is 6.08 Å². The van der Waals surface area contributed by atoms with Gasteiger partial charge in [0.25, 0.3) is 5.91 Å². The van der Waals surface area contributed by atoms with E-state index in [0.29, 0.717) is 26.9 Å². The van der Waals surface area contributed by atoms with E-state index in [-0.39, 0.29) is 23.5 Å². The third kappa shape index (κ3) is 4.40. The monoisotopic (exact) mass is 438 g/mol. The van der Waals surface area contributed by atoms with Gasteiger partial charge in [0.2, 0.25) is 0 Å². The Bertz CT molecular complexity index is 1130. The van der Waals surface area contributed by atoms with Crippen LogP contribution in [0.5, 0.6) is 5.75 Å². The van der Waals surface area contributed by atoms with Crippen molar-refractivity contribution in [1.82, 2.24) is 0 Å². The minimum atomic E-state index is -0.302. The van der Waals surface area contributed by atoms with Crippen molar-refractivity contribution in [3.63, 3.8) is 0 Å². The lowest BCUT2D eigenvalue weighted by Crippen LogP contribution is -2.27. The van der Waals surface area contributed by atoms with E-state index in [4.69, 9.17) is 21.7 Å². The van der Waals surface area contributed by atoms with Crippen molar-refractivity contribution in [1.29, 1.82) is 5.41 Å². The molecule has 150 valence electrons. The molecule has 0 bridgehead atoms. The third-order valence-corrected chi connectivity index (χ3v) is 5.58. The molecule has 0 unspecified atom stereocenters. The van der Waals surface area contributed by atoms with Crippen LogP contribution >= 0.6 is 23.4 Å². The van der Waals surface area contributed by atoms with Crippen LogP contribution in [0.15, 0.2) is 77.7 Å². The number of amidine groups is 1. The maximum atomic E-state index is 13.7. The van der Waals surface area contributed by atoms with Crippen molar-refractivity contribution in [2.75, 3.05) is 4.90 Å². The van der Waals surface area contributed by atoms with Crippen molar-refractivity contribution in [3.05, 3.63) is 99.7 Å². The Balaban J connectivity index is 1.46. The van der Waals surface area contributed by atoms with Crippen LogP contribution in [-0.2, 0) is 11.4 Å². The summed E-state index contributed by atoms with van der Waals surface area (Å²) in [6.07, 6.45) is 1.73. The number of nitrogens with one attached hydrogen (secondary N) is 1. The summed E-state index contributed by atoms with van der Waals surface area (Å²) in [5.74, 6) is 0.0388. The zero-order chi connectivity index (χ0) is 21.1. The molecular formula is C23H16ClFN2O2S. The first kappa shape index (κ1) is 20.2. The van der Waals surface area contributed by atoms with Gasteiger partial charge in [0.05, 0.1) is 10.6 Å². The second-order valence-electron chi connectivity index (χ2n) is 6.48. The van der Waals surface area contributed by atoms with E-state index in [9.17, 15) is 9.18 Å². The topological polar surface area (TPSA) is 53.4 Å². The fourth-order valence-corrected chi connectivity index (χ4v) is 3.89. The summed E-state index contributed by atoms with van der Waals surface area (Å²) in [5, 5.41) is 8.86. The zero-order valence-electron chi connectivity index (χ0n) is 15.6. The first-order valence-electron chi connectivity index (χ1n) is 9.05. The number of nitrogens with zero attached hydrogens (tertiary/aromatic N) is 1. The predicted octanol–water partition coefficient (Wildman–Crippen LogP) is 6.11. The number of amides is 1. The average molecular weight is 439 g/mol. The lowest BCUT2D eigenvalue weighted by Gasteiger charge is -2.14. The number of ether oxygens (including phenoxy) is 1. The SMILES string of the molecule is N=C1SC(=Cc2ccc(OCc3ccccc3F)cc2)C(=O)N1c1ccc(Cl)cc1. The number of thioether (sulfide) groups is 1. The molecule has 0 spiro atoms. The van der Waals surface area contributed by atoms with Gasteiger partial charge in [0, 0.05) is 10.6 Å². The fourth-order valence-electron chi connectivity index (χ4n) is 2.90. The molecule has 1 aliphatic heterocycles. The Kier molecular flexibility index (Phi) is 5.88. The molecule has 1 amide bonds. The number of carbonyl (C=O) groups excluding carboxylic acids is 1. The van der Waals surface area contributed by atoms with E-state index in [0.717, 1.165) is 17.3 Å². The molecule has 0 saturated carbocycles. The highest BCUT2D eigenvalue weighted by Crippen LogP contribution is 2.35. The van der Waals surface area contributed by atoms with Gasteiger partial charge in [-0.2, -0.15) is 0 Å². The normalized spacial score (nSPS) is 15.1. The lowest BCUT2D eigenvalue weighted by atomic mass is 10.2. The maximum Gasteiger partial charge on any atom is 0.271 e. The van der Waals surface area contributed by atoms with Crippen molar-refractivity contribution in [3.8, 4) is 5.75 Å². The van der Waals surface area contributed by atoms with Gasteiger partial charge in [-0.1, -0.05) is 41.9 Å². The molecule has 1 N–H and O–H groups in total. The Hall–Kier alpha value is -3.09. The minimum absolute atomic E-state index is 0.134. The first-order chi connectivity index (χ1) is 14.5. The fraction of sp³-hybridized carbons (Fsp3) is 0.0435. The lowest BCUT2D eigenvalue weighted by molar-refractivity contribution is -0.113. The Labute approximate surface area is 182 Å². The highest BCUT2D eigenvalue weighted by molar-refractivity contribution is 8.19. The van der Waals surface area contributed by atoms with Gasteiger partial charge in [-0.05, 0) is 65.9 Å². The first-order valence-corrected chi connectivity index (χ1v) is 10.2. The van der Waals surface area contributed by atoms with E-state index in [2.05, 4.69) is 0 Å². The number of anilines is 1. The van der Waals surface area contributed by atoms with Crippen LogP contribution in [0.3, 0.4) is 0 Å². The predicted molar refractivity (Wildman–Crippen MR) is 119 cm³/mol. The molecule has 1 aliphatic rings. The molecule has 4 rings (SSSR count). The molecular weight excluding hydrogens is 423 g/mol. The van der Waals surface area contributed by atoms with E-state index in [1.165, 1.54) is 11.0 Å². The molecule has 7 heteroatoms. The number of benzene rings is 3. The summed E-state index contributed by atoms with van der Waals surface area (Å²) in [6.45, 7) is 0.134. The van der Waals surface area contributed by atoms with Gasteiger partial charge in [-0.15, -0.1) is 0 Å². The van der Waals surface area contributed by atoms with E-state index >= 15 is 0 Å². The van der Waals surface area contributed by atoms with Gasteiger partial charge in [0.1, 0.15) is 18.2 Å². The molecule has 0 aromatic heterocycles. The van der Waals surface area contributed by atoms with Crippen LogP contribution in [0.1, 0.15) is 11.1 Å². The Morgan fingerprint density at radius 2 is 1.73 bits per heavy atom. The van der Waals surface area contributed by atoms with E-state index in [1.54, 1.807) is 60.7 Å². The third-order valence-electron chi connectivity index (χ3n) is 4.44. The number of carbonyl (C=O) groups is 1. The molecule has 1 heterocycles. The van der Waals surface area contributed by atoms with Crippen LogP contribution in [0.4, 0.5) is 10.1 Å². The van der Waals surface area contributed by atoms with Gasteiger partial charge in [-0.25, -0.2) is 4.39 Å². The zero-order valence-corrected chi connectivity index (χ0v) is 17.2. The average Bonchev–Trinajstić information content (AvgIpc) is 3.02. The van der Waals surface area contributed by atoms with Crippen molar-refractivity contribution >= 4 is 46.2 Å². The minimum Gasteiger partial charge on any atom is -0.489 e. The largest absolute Gasteiger partial charge is 0.489 e. The summed E-state index contributed by atoms with van der Waals surface area (Å²) < 4.78 is 19.3. The van der Waals surface area contributed by atoms with Crippen LogP contribution in [-0.4, -0.2) is 11.1 Å². The van der Waals surface area contributed by atoms with Crippen molar-refractivity contribution < 1.29 is 13.9 Å². The van der Waals surface area contributed by atoms with E-state index < -0.39 is 0 Å². The number of hydrogen-bond donors (Lipinski definition) is 1. The van der Waals surface area contributed by atoms with Gasteiger partial charge < -0.3 is 4.74 Å². The van der Waals surface area contributed by atoms with Crippen molar-refractivity contribution in [2.24, 2.45) is 0 Å². The molecule has 4 nitrogen and oxygen atoms in total.